The van der Waals surface area contributed by atoms with Crippen molar-refractivity contribution in [3.05, 3.63) is 34.9 Å². The molecule has 1 aromatic carbocycles. The van der Waals surface area contributed by atoms with Gasteiger partial charge < -0.3 is 10.2 Å². The van der Waals surface area contributed by atoms with Crippen molar-refractivity contribution in [2.24, 2.45) is 0 Å². The number of nitrogens with one attached hydrogen (secondary N) is 1. The molecule has 1 saturated heterocycles. The third-order valence-electron chi connectivity index (χ3n) is 4.85. The van der Waals surface area contributed by atoms with Crippen molar-refractivity contribution in [2.45, 2.75) is 38.6 Å². The van der Waals surface area contributed by atoms with Gasteiger partial charge in [-0.3, -0.25) is 0 Å². The monoisotopic (exact) mass is 304 g/mol. The molecule has 0 aromatic heterocycles. The number of hydrogen-bond donors (Lipinski definition) is 1. The average Bonchev–Trinajstić information content (AvgIpc) is 2.55. The van der Waals surface area contributed by atoms with Gasteiger partial charge in [-0.15, -0.1) is 0 Å². The van der Waals surface area contributed by atoms with Gasteiger partial charge in [0.25, 0.3) is 0 Å². The summed E-state index contributed by atoms with van der Waals surface area (Å²) in [7, 11) is 0. The molecule has 1 aliphatic heterocycles. The van der Waals surface area contributed by atoms with Crippen molar-refractivity contribution in [1.82, 2.24) is 10.2 Å². The van der Waals surface area contributed by atoms with Gasteiger partial charge in [0, 0.05) is 43.7 Å². The number of thioether (sulfide) groups is 1. The minimum Gasteiger partial charge on any atom is -0.309 e. The summed E-state index contributed by atoms with van der Waals surface area (Å²) in [6.07, 6.45) is 5.30. The number of fused-ring (bicyclic) bond motifs is 1. The fourth-order valence-electron chi connectivity index (χ4n) is 3.40. The summed E-state index contributed by atoms with van der Waals surface area (Å²) in [5.41, 5.74) is 4.65. The van der Waals surface area contributed by atoms with E-state index >= 15 is 0 Å². The highest BCUT2D eigenvalue weighted by Gasteiger charge is 2.13. The molecule has 1 aliphatic carbocycles. The third kappa shape index (κ3) is 4.24. The summed E-state index contributed by atoms with van der Waals surface area (Å²) >= 11 is 2.09. The van der Waals surface area contributed by atoms with E-state index in [1.807, 2.05) is 0 Å². The van der Waals surface area contributed by atoms with Gasteiger partial charge in [-0.05, 0) is 49.3 Å². The maximum Gasteiger partial charge on any atom is 0.0292 e. The summed E-state index contributed by atoms with van der Waals surface area (Å²) in [6, 6.07) is 7.61. The Balaban J connectivity index is 1.49. The van der Waals surface area contributed by atoms with Gasteiger partial charge in [-0.2, -0.15) is 11.8 Å². The van der Waals surface area contributed by atoms with Gasteiger partial charge in [0.1, 0.15) is 0 Å². The number of hydrogen-bond acceptors (Lipinski definition) is 3. The van der Waals surface area contributed by atoms with Crippen molar-refractivity contribution in [3.63, 3.8) is 0 Å². The minimum atomic E-state index is 0.469. The highest BCUT2D eigenvalue weighted by atomic mass is 32.2. The van der Waals surface area contributed by atoms with E-state index in [9.17, 15) is 0 Å². The van der Waals surface area contributed by atoms with Crippen LogP contribution < -0.4 is 5.32 Å². The van der Waals surface area contributed by atoms with Crippen LogP contribution in [0.3, 0.4) is 0 Å². The van der Waals surface area contributed by atoms with E-state index in [2.05, 4.69) is 47.1 Å². The molecule has 0 radical (unpaired) electrons. The van der Waals surface area contributed by atoms with Crippen molar-refractivity contribution < 1.29 is 0 Å². The maximum atomic E-state index is 3.70. The zero-order valence-electron chi connectivity index (χ0n) is 13.2. The first kappa shape index (κ1) is 15.4. The van der Waals surface area contributed by atoms with Crippen LogP contribution in [0.5, 0.6) is 0 Å². The van der Waals surface area contributed by atoms with Crippen LogP contribution in [0.1, 0.15) is 42.5 Å². The summed E-state index contributed by atoms with van der Waals surface area (Å²) < 4.78 is 0. The molecule has 1 heterocycles. The van der Waals surface area contributed by atoms with E-state index in [0.717, 1.165) is 6.54 Å². The van der Waals surface area contributed by atoms with E-state index in [1.165, 1.54) is 62.4 Å². The van der Waals surface area contributed by atoms with E-state index in [1.54, 1.807) is 11.1 Å². The second kappa shape index (κ2) is 7.66. The molecule has 1 unspecified atom stereocenters. The number of aryl methyl sites for hydroxylation is 2. The number of benzene rings is 1. The smallest absolute Gasteiger partial charge is 0.0292 e. The second-order valence-electron chi connectivity index (χ2n) is 6.37. The van der Waals surface area contributed by atoms with E-state index in [-0.39, 0.29) is 0 Å². The van der Waals surface area contributed by atoms with Crippen LogP contribution in [0.4, 0.5) is 0 Å². The zero-order chi connectivity index (χ0) is 14.5. The van der Waals surface area contributed by atoms with Gasteiger partial charge in [0.05, 0.1) is 0 Å². The van der Waals surface area contributed by atoms with Crippen LogP contribution in [0, 0.1) is 0 Å². The number of nitrogens with zero attached hydrogens (tertiary/aromatic N) is 1. The van der Waals surface area contributed by atoms with Gasteiger partial charge >= 0.3 is 0 Å². The molecule has 1 atom stereocenters. The Labute approximate surface area is 133 Å². The molecule has 0 spiro atoms. The second-order valence-corrected chi connectivity index (χ2v) is 7.59. The van der Waals surface area contributed by atoms with Crippen molar-refractivity contribution >= 4 is 11.8 Å². The standard InChI is InChI=1S/C18H28N2S/c1-15(19-8-9-20-10-12-21-13-11-20)17-7-6-16-4-2-3-5-18(16)14-17/h6-7,14-15,19H,2-5,8-13H2,1H3. The molecule has 0 amide bonds. The van der Waals surface area contributed by atoms with E-state index in [0.29, 0.717) is 6.04 Å². The highest BCUT2D eigenvalue weighted by molar-refractivity contribution is 7.99. The largest absolute Gasteiger partial charge is 0.309 e. The van der Waals surface area contributed by atoms with Gasteiger partial charge in [-0.25, -0.2) is 0 Å². The van der Waals surface area contributed by atoms with Crippen molar-refractivity contribution in [2.75, 3.05) is 37.7 Å². The lowest BCUT2D eigenvalue weighted by atomic mass is 9.89. The average molecular weight is 305 g/mol. The zero-order valence-corrected chi connectivity index (χ0v) is 14.1. The first-order chi connectivity index (χ1) is 10.3. The molecule has 2 aliphatic rings. The quantitative estimate of drug-likeness (QED) is 0.899. The van der Waals surface area contributed by atoms with Crippen LogP contribution >= 0.6 is 11.8 Å². The molecular formula is C18H28N2S. The van der Waals surface area contributed by atoms with Crippen LogP contribution in [0.2, 0.25) is 0 Å². The molecule has 0 bridgehead atoms. The summed E-state index contributed by atoms with van der Waals surface area (Å²) in [5.74, 6) is 2.61. The Morgan fingerprint density at radius 2 is 1.90 bits per heavy atom. The van der Waals surface area contributed by atoms with Crippen molar-refractivity contribution in [3.8, 4) is 0 Å². The Bertz CT molecular complexity index is 455. The lowest BCUT2D eigenvalue weighted by Crippen LogP contribution is -2.38. The molecule has 1 fully saturated rings. The SMILES string of the molecule is CC(NCCN1CCSCC1)c1ccc2c(c1)CCCC2. The lowest BCUT2D eigenvalue weighted by Gasteiger charge is -2.27. The van der Waals surface area contributed by atoms with Crippen LogP contribution in [-0.4, -0.2) is 42.6 Å². The van der Waals surface area contributed by atoms with E-state index < -0.39 is 0 Å². The van der Waals surface area contributed by atoms with Crippen LogP contribution in [0.15, 0.2) is 18.2 Å². The Hall–Kier alpha value is -0.510. The first-order valence-electron chi connectivity index (χ1n) is 8.48. The van der Waals surface area contributed by atoms with Gasteiger partial charge in [0.15, 0.2) is 0 Å². The first-order valence-corrected chi connectivity index (χ1v) is 9.63. The normalized spacial score (nSPS) is 21.0. The Morgan fingerprint density at radius 3 is 2.71 bits per heavy atom. The molecule has 3 rings (SSSR count). The van der Waals surface area contributed by atoms with Gasteiger partial charge in [0.2, 0.25) is 0 Å². The molecule has 0 saturated carbocycles. The molecule has 2 nitrogen and oxygen atoms in total. The molecule has 1 aromatic rings. The minimum absolute atomic E-state index is 0.469. The molecule has 1 N–H and O–H groups in total. The summed E-state index contributed by atoms with van der Waals surface area (Å²) in [5, 5.41) is 3.70. The molecule has 3 heteroatoms. The predicted molar refractivity (Wildman–Crippen MR) is 93.3 cm³/mol. The van der Waals surface area contributed by atoms with E-state index in [4.69, 9.17) is 0 Å². The van der Waals surface area contributed by atoms with Crippen LogP contribution in [0.25, 0.3) is 0 Å². The predicted octanol–water partition coefficient (Wildman–Crippen LogP) is 3.26. The Kier molecular flexibility index (Phi) is 5.61. The molecule has 21 heavy (non-hydrogen) atoms. The molecule has 116 valence electrons. The fraction of sp³-hybridized carbons (Fsp3) is 0.667. The highest BCUT2D eigenvalue weighted by Crippen LogP contribution is 2.24. The van der Waals surface area contributed by atoms with Crippen molar-refractivity contribution in [1.29, 1.82) is 0 Å². The fourth-order valence-corrected chi connectivity index (χ4v) is 4.38. The maximum absolute atomic E-state index is 3.70. The summed E-state index contributed by atoms with van der Waals surface area (Å²) in [4.78, 5) is 2.59. The number of rotatable bonds is 5. The lowest BCUT2D eigenvalue weighted by molar-refractivity contribution is 0.297. The van der Waals surface area contributed by atoms with Gasteiger partial charge in [-0.1, -0.05) is 18.2 Å². The summed E-state index contributed by atoms with van der Waals surface area (Å²) in [6.45, 7) is 7.12. The molecular weight excluding hydrogens is 276 g/mol. The third-order valence-corrected chi connectivity index (χ3v) is 5.80. The van der Waals surface area contributed by atoms with Crippen LogP contribution in [-0.2, 0) is 12.8 Å². The topological polar surface area (TPSA) is 15.3 Å². The Morgan fingerprint density at radius 1 is 1.14 bits per heavy atom.